The number of allylic oxidation sites excluding steroid dienone is 1. The van der Waals surface area contributed by atoms with Crippen LogP contribution in [-0.2, 0) is 24.3 Å². The molecule has 1 aromatic rings. The molecule has 1 aliphatic heterocycles. The molecule has 2 aliphatic rings. The number of methoxy groups -OCH3 is 1. The molecule has 2 atom stereocenters. The van der Waals surface area contributed by atoms with E-state index in [4.69, 9.17) is 14.2 Å². The maximum absolute atomic E-state index is 13.1. The fraction of sp³-hybridized carbons (Fsp3) is 0.640. The first kappa shape index (κ1) is 27.4. The van der Waals surface area contributed by atoms with Gasteiger partial charge in [0.05, 0.1) is 25.2 Å². The molecule has 1 aromatic carbocycles. The Labute approximate surface area is 208 Å². The molecule has 1 amide bonds. The van der Waals surface area contributed by atoms with E-state index < -0.39 is 16.3 Å². The monoisotopic (exact) mass is 510 g/mol. The van der Waals surface area contributed by atoms with Gasteiger partial charge in [-0.05, 0) is 60.4 Å². The Morgan fingerprint density at radius 1 is 1.20 bits per heavy atom. The van der Waals surface area contributed by atoms with Gasteiger partial charge >= 0.3 is 0 Å². The van der Waals surface area contributed by atoms with Crippen LogP contribution >= 0.6 is 0 Å². The SMILES string of the molecule is COc1ccc(S(=O)(=O)N(CCO)CCO[C@@H]2C[C@H](C(C)(C)C)C=C(C(=O)NCC3CC3)O2)cc1. The summed E-state index contributed by atoms with van der Waals surface area (Å²) in [4.78, 5) is 12.8. The summed E-state index contributed by atoms with van der Waals surface area (Å²) in [6.45, 7) is 6.63. The van der Waals surface area contributed by atoms with Gasteiger partial charge in [0.25, 0.3) is 5.91 Å². The molecule has 1 heterocycles. The zero-order valence-corrected chi connectivity index (χ0v) is 21.8. The number of carbonyl (C=O) groups is 1. The van der Waals surface area contributed by atoms with Gasteiger partial charge in [0, 0.05) is 26.1 Å². The van der Waals surface area contributed by atoms with E-state index >= 15 is 0 Å². The summed E-state index contributed by atoms with van der Waals surface area (Å²) in [5.41, 5.74) is -0.103. The van der Waals surface area contributed by atoms with Crippen LogP contribution < -0.4 is 10.1 Å². The molecule has 0 saturated heterocycles. The van der Waals surface area contributed by atoms with Crippen LogP contribution in [0.5, 0.6) is 5.75 Å². The molecule has 0 radical (unpaired) electrons. The lowest BCUT2D eigenvalue weighted by molar-refractivity contribution is -0.153. The Hall–Kier alpha value is -2.14. The number of nitrogens with one attached hydrogen (secondary N) is 1. The summed E-state index contributed by atoms with van der Waals surface area (Å²) in [6, 6.07) is 6.08. The van der Waals surface area contributed by atoms with Crippen LogP contribution in [0.1, 0.15) is 40.0 Å². The normalized spacial score (nSPS) is 20.8. The maximum atomic E-state index is 13.1. The number of benzene rings is 1. The van der Waals surface area contributed by atoms with Gasteiger partial charge in [-0.15, -0.1) is 0 Å². The lowest BCUT2D eigenvalue weighted by Gasteiger charge is -2.36. The second kappa shape index (κ2) is 11.7. The highest BCUT2D eigenvalue weighted by molar-refractivity contribution is 7.89. The van der Waals surface area contributed by atoms with Gasteiger partial charge in [0.1, 0.15) is 5.75 Å². The number of sulfonamides is 1. The minimum absolute atomic E-state index is 0.0297. The number of amides is 1. The molecule has 3 rings (SSSR count). The Morgan fingerprint density at radius 2 is 1.89 bits per heavy atom. The molecule has 1 saturated carbocycles. The van der Waals surface area contributed by atoms with E-state index in [1.165, 1.54) is 23.5 Å². The summed E-state index contributed by atoms with van der Waals surface area (Å²) in [5.74, 6) is 1.16. The molecule has 0 spiro atoms. The number of aliphatic hydroxyl groups excluding tert-OH is 1. The van der Waals surface area contributed by atoms with E-state index in [2.05, 4.69) is 26.1 Å². The number of hydrogen-bond acceptors (Lipinski definition) is 7. The Morgan fingerprint density at radius 3 is 2.46 bits per heavy atom. The third-order valence-corrected chi connectivity index (χ3v) is 8.25. The number of nitrogens with zero attached hydrogens (tertiary/aromatic N) is 1. The standard InChI is InChI=1S/C25H38N2O7S/c1-25(2,3)19-15-22(24(29)26-17-18-5-6-18)34-23(16-19)33-14-12-27(11-13-28)35(30,31)21-9-7-20(32-4)8-10-21/h7-10,15,18-19,23,28H,5-6,11-14,16-17H2,1-4H3,(H,26,29)/t19-,23+/m1/s1. The van der Waals surface area contributed by atoms with E-state index in [1.807, 2.05) is 6.08 Å². The summed E-state index contributed by atoms with van der Waals surface area (Å²) >= 11 is 0. The molecule has 0 bridgehead atoms. The van der Waals surface area contributed by atoms with Crippen molar-refractivity contribution in [1.82, 2.24) is 9.62 Å². The first-order valence-corrected chi connectivity index (χ1v) is 13.5. The van der Waals surface area contributed by atoms with Crippen molar-refractivity contribution in [3.63, 3.8) is 0 Å². The van der Waals surface area contributed by atoms with Crippen LogP contribution in [0.2, 0.25) is 0 Å². The first-order chi connectivity index (χ1) is 16.5. The topological polar surface area (TPSA) is 114 Å². The molecule has 0 unspecified atom stereocenters. The summed E-state index contributed by atoms with van der Waals surface area (Å²) < 4.78 is 44.2. The number of rotatable bonds is 12. The Balaban J connectivity index is 1.63. The highest BCUT2D eigenvalue weighted by atomic mass is 32.2. The van der Waals surface area contributed by atoms with Gasteiger partial charge in [-0.1, -0.05) is 20.8 Å². The van der Waals surface area contributed by atoms with Gasteiger partial charge in [-0.2, -0.15) is 4.31 Å². The van der Waals surface area contributed by atoms with Crippen LogP contribution in [-0.4, -0.2) is 70.0 Å². The van der Waals surface area contributed by atoms with Crippen molar-refractivity contribution < 1.29 is 32.5 Å². The second-order valence-corrected chi connectivity index (χ2v) is 12.1. The van der Waals surface area contributed by atoms with E-state index in [-0.39, 0.29) is 54.2 Å². The van der Waals surface area contributed by atoms with Crippen LogP contribution in [0.3, 0.4) is 0 Å². The average molecular weight is 511 g/mol. The quantitative estimate of drug-likeness (QED) is 0.444. The Bertz CT molecular complexity index is 982. The molecule has 196 valence electrons. The lowest BCUT2D eigenvalue weighted by atomic mass is 9.77. The first-order valence-electron chi connectivity index (χ1n) is 12.1. The predicted octanol–water partition coefficient (Wildman–Crippen LogP) is 2.51. The fourth-order valence-electron chi connectivity index (χ4n) is 3.81. The molecule has 1 fully saturated rings. The van der Waals surface area contributed by atoms with Crippen molar-refractivity contribution in [2.75, 3.05) is 40.0 Å². The van der Waals surface area contributed by atoms with E-state index in [0.717, 1.165) is 12.8 Å². The largest absolute Gasteiger partial charge is 0.497 e. The maximum Gasteiger partial charge on any atom is 0.286 e. The smallest absolute Gasteiger partial charge is 0.286 e. The van der Waals surface area contributed by atoms with Crippen molar-refractivity contribution in [3.8, 4) is 5.75 Å². The molecule has 1 aliphatic carbocycles. The van der Waals surface area contributed by atoms with Gasteiger partial charge in [0.2, 0.25) is 16.3 Å². The van der Waals surface area contributed by atoms with Crippen LogP contribution in [0, 0.1) is 17.3 Å². The van der Waals surface area contributed by atoms with E-state index in [1.54, 1.807) is 12.1 Å². The zero-order valence-electron chi connectivity index (χ0n) is 21.0. The number of carbonyl (C=O) groups excluding carboxylic acids is 1. The molecule has 0 aromatic heterocycles. The zero-order chi connectivity index (χ0) is 25.6. The highest BCUT2D eigenvalue weighted by Gasteiger charge is 2.35. The summed E-state index contributed by atoms with van der Waals surface area (Å²) in [5, 5.41) is 12.4. The van der Waals surface area contributed by atoms with Crippen LogP contribution in [0.15, 0.2) is 41.0 Å². The van der Waals surface area contributed by atoms with E-state index in [0.29, 0.717) is 24.6 Å². The predicted molar refractivity (Wildman–Crippen MR) is 131 cm³/mol. The average Bonchev–Trinajstić information content (AvgIpc) is 3.66. The minimum Gasteiger partial charge on any atom is -0.497 e. The van der Waals surface area contributed by atoms with Gasteiger partial charge in [-0.3, -0.25) is 4.79 Å². The number of ether oxygens (including phenoxy) is 3. The minimum atomic E-state index is -3.84. The third-order valence-electron chi connectivity index (χ3n) is 6.33. The van der Waals surface area contributed by atoms with Crippen molar-refractivity contribution in [3.05, 3.63) is 36.1 Å². The highest BCUT2D eigenvalue weighted by Crippen LogP contribution is 2.36. The van der Waals surface area contributed by atoms with Crippen LogP contribution in [0.4, 0.5) is 0 Å². The number of hydrogen-bond donors (Lipinski definition) is 2. The molecule has 9 nitrogen and oxygen atoms in total. The third kappa shape index (κ3) is 7.67. The molecular formula is C25H38N2O7S. The van der Waals surface area contributed by atoms with Gasteiger partial charge < -0.3 is 24.6 Å². The number of aliphatic hydroxyl groups is 1. The van der Waals surface area contributed by atoms with Gasteiger partial charge in [0.15, 0.2) is 5.76 Å². The summed E-state index contributed by atoms with van der Waals surface area (Å²) in [6.07, 6.45) is 4.02. The fourth-order valence-corrected chi connectivity index (χ4v) is 5.23. The molecule has 10 heteroatoms. The van der Waals surface area contributed by atoms with Crippen LogP contribution in [0.25, 0.3) is 0 Å². The van der Waals surface area contributed by atoms with Crippen molar-refractivity contribution in [1.29, 1.82) is 0 Å². The molecule has 35 heavy (non-hydrogen) atoms. The Kier molecular flexibility index (Phi) is 9.20. The summed E-state index contributed by atoms with van der Waals surface area (Å²) in [7, 11) is -2.33. The van der Waals surface area contributed by atoms with Gasteiger partial charge in [-0.25, -0.2) is 8.42 Å². The van der Waals surface area contributed by atoms with Crippen molar-refractivity contribution >= 4 is 15.9 Å². The molecule has 2 N–H and O–H groups in total. The second-order valence-electron chi connectivity index (χ2n) is 10.1. The van der Waals surface area contributed by atoms with E-state index in [9.17, 15) is 18.3 Å². The lowest BCUT2D eigenvalue weighted by Crippen LogP contribution is -2.39. The van der Waals surface area contributed by atoms with Crippen molar-refractivity contribution in [2.45, 2.75) is 51.2 Å². The molecular weight excluding hydrogens is 472 g/mol. The van der Waals surface area contributed by atoms with Crippen molar-refractivity contribution in [2.24, 2.45) is 17.3 Å².